The molecule has 1 heteroatoms. The summed E-state index contributed by atoms with van der Waals surface area (Å²) < 4.78 is 26.6. The summed E-state index contributed by atoms with van der Waals surface area (Å²) in [5.41, 5.74) is 4.83. The van der Waals surface area contributed by atoms with E-state index in [1.807, 2.05) is 33.0 Å². The molecule has 0 aliphatic carbocycles. The average Bonchev–Trinajstić information content (AvgIpc) is 2.42. The van der Waals surface area contributed by atoms with E-state index in [2.05, 4.69) is 26.0 Å². The van der Waals surface area contributed by atoms with Gasteiger partial charge in [0.25, 0.3) is 0 Å². The van der Waals surface area contributed by atoms with Crippen LogP contribution in [-0.4, -0.2) is 0 Å². The van der Waals surface area contributed by atoms with Crippen LogP contribution in [0.5, 0.6) is 0 Å². The minimum Gasteiger partial charge on any atom is -0.201 e. The molecule has 1 aromatic carbocycles. The molecule has 1 nitrogen and oxygen atoms in total. The van der Waals surface area contributed by atoms with E-state index in [1.165, 1.54) is 5.56 Å². The number of aryl methyl sites for hydroxylation is 2. The Balaban J connectivity index is 2.69. The smallest absolute Gasteiger partial charge is 0.201 e. The minimum absolute atomic E-state index is 0.147. The van der Waals surface area contributed by atoms with Gasteiger partial charge < -0.3 is 0 Å². The molecule has 0 N–H and O–H groups in total. The molecular weight excluding hydrogens is 230 g/mol. The first-order valence-electron chi connectivity index (χ1n) is 8.23. The molecule has 0 saturated carbocycles. The van der Waals surface area contributed by atoms with E-state index in [0.29, 0.717) is 11.7 Å². The first kappa shape index (κ1) is 10.2. The Morgan fingerprint density at radius 1 is 1.21 bits per heavy atom. The zero-order chi connectivity index (χ0) is 16.7. The van der Waals surface area contributed by atoms with Crippen molar-refractivity contribution in [2.45, 2.75) is 34.1 Å². The largest absolute Gasteiger partial charge is 0.212 e. The summed E-state index contributed by atoms with van der Waals surface area (Å²) in [5, 5.41) is 0. The number of pyridine rings is 1. The van der Waals surface area contributed by atoms with Crippen LogP contribution in [0.15, 0.2) is 36.5 Å². The van der Waals surface area contributed by atoms with Crippen molar-refractivity contribution >= 4 is 0 Å². The van der Waals surface area contributed by atoms with Gasteiger partial charge in [-0.25, -0.2) is 4.57 Å². The number of nitrogens with zero attached hydrogens (tertiary/aromatic N) is 1. The van der Waals surface area contributed by atoms with E-state index in [0.717, 1.165) is 16.8 Å². The number of benzene rings is 1. The summed E-state index contributed by atoms with van der Waals surface area (Å²) in [6.45, 7) is 7.84. The van der Waals surface area contributed by atoms with Gasteiger partial charge in [-0.05, 0) is 43.3 Å². The molecule has 19 heavy (non-hydrogen) atoms. The van der Waals surface area contributed by atoms with Crippen molar-refractivity contribution in [1.82, 2.24) is 0 Å². The average molecular weight is 257 g/mol. The van der Waals surface area contributed by atoms with E-state index < -0.39 is 6.37 Å². The lowest BCUT2D eigenvalue weighted by atomic mass is 9.98. The van der Waals surface area contributed by atoms with E-state index in [-0.39, 0.29) is 5.92 Å². The zero-order valence-electron chi connectivity index (χ0n) is 15.4. The first-order valence-corrected chi connectivity index (χ1v) is 6.73. The van der Waals surface area contributed by atoms with E-state index in [9.17, 15) is 0 Å². The molecule has 0 bridgehead atoms. The second-order valence-electron chi connectivity index (χ2n) is 5.43. The van der Waals surface area contributed by atoms with Crippen LogP contribution in [0.3, 0.4) is 0 Å². The normalized spacial score (nSPS) is 14.1. The van der Waals surface area contributed by atoms with Crippen LogP contribution >= 0.6 is 0 Å². The monoisotopic (exact) mass is 257 g/mol. The number of hydrogen-bond acceptors (Lipinski definition) is 0. The molecule has 0 unspecified atom stereocenters. The standard InChI is InChI=1S/C18H24N/c1-13(2)10-16-8-9-19(5)18(12-16)17-7-6-14(3)11-15(17)4/h6-9,11-13H,10H2,1-5H3/q+1/i9D,10D2. The molecule has 0 spiro atoms. The molecule has 0 fully saturated rings. The van der Waals surface area contributed by atoms with Crippen molar-refractivity contribution in [2.24, 2.45) is 13.0 Å². The predicted molar refractivity (Wildman–Crippen MR) is 81.1 cm³/mol. The van der Waals surface area contributed by atoms with Crippen molar-refractivity contribution in [3.8, 4) is 11.3 Å². The maximum atomic E-state index is 8.31. The summed E-state index contributed by atoms with van der Waals surface area (Å²) in [5.74, 6) is -0.147. The van der Waals surface area contributed by atoms with Crippen LogP contribution in [0.1, 0.15) is 34.7 Å². The number of hydrogen-bond donors (Lipinski definition) is 0. The summed E-state index contributed by atoms with van der Waals surface area (Å²) >= 11 is 0. The second-order valence-corrected chi connectivity index (χ2v) is 5.43. The van der Waals surface area contributed by atoms with Crippen LogP contribution in [0.2, 0.25) is 0 Å². The zero-order valence-corrected chi connectivity index (χ0v) is 12.4. The van der Waals surface area contributed by atoms with Crippen LogP contribution in [0.25, 0.3) is 11.3 Å². The fourth-order valence-electron chi connectivity index (χ4n) is 2.30. The molecule has 0 aliphatic rings. The molecule has 0 atom stereocenters. The first-order chi connectivity index (χ1) is 10.1. The highest BCUT2D eigenvalue weighted by Crippen LogP contribution is 2.22. The topological polar surface area (TPSA) is 3.88 Å². The predicted octanol–water partition coefficient (Wildman–Crippen LogP) is 3.99. The molecule has 2 aromatic rings. The maximum Gasteiger partial charge on any atom is 0.212 e. The SMILES string of the molecule is [2H]c1cc(C([2H])([2H])C(C)C)cc(-c2ccc(C)cc2C)[n+]1C. The Morgan fingerprint density at radius 3 is 2.58 bits per heavy atom. The van der Waals surface area contributed by atoms with Crippen molar-refractivity contribution < 1.29 is 8.68 Å². The van der Waals surface area contributed by atoms with Gasteiger partial charge in [0.1, 0.15) is 8.42 Å². The molecule has 2 rings (SSSR count). The Labute approximate surface area is 121 Å². The van der Waals surface area contributed by atoms with Gasteiger partial charge in [-0.2, -0.15) is 0 Å². The number of rotatable bonds is 3. The van der Waals surface area contributed by atoms with E-state index >= 15 is 0 Å². The van der Waals surface area contributed by atoms with Gasteiger partial charge in [0.15, 0.2) is 6.17 Å². The molecule has 100 valence electrons. The quantitative estimate of drug-likeness (QED) is 0.732. The maximum absolute atomic E-state index is 8.31. The molecule has 1 aromatic heterocycles. The van der Waals surface area contributed by atoms with Crippen LogP contribution in [-0.2, 0) is 13.4 Å². The highest BCUT2D eigenvalue weighted by Gasteiger charge is 2.13. The third-order valence-electron chi connectivity index (χ3n) is 3.18. The third kappa shape index (κ3) is 3.23. The molecular formula is C18H24N+. The van der Waals surface area contributed by atoms with Gasteiger partial charge in [0.2, 0.25) is 5.69 Å². The van der Waals surface area contributed by atoms with Crippen molar-refractivity contribution in [2.75, 3.05) is 0 Å². The van der Waals surface area contributed by atoms with Crippen LogP contribution < -0.4 is 4.57 Å². The van der Waals surface area contributed by atoms with Gasteiger partial charge in [-0.3, -0.25) is 0 Å². The fraction of sp³-hybridized carbons (Fsp3) is 0.389. The molecule has 1 heterocycles. The van der Waals surface area contributed by atoms with Gasteiger partial charge in [0, 0.05) is 20.4 Å². The van der Waals surface area contributed by atoms with E-state index in [1.54, 1.807) is 10.6 Å². The van der Waals surface area contributed by atoms with Gasteiger partial charge in [-0.1, -0.05) is 31.5 Å². The molecule has 0 amide bonds. The summed E-state index contributed by atoms with van der Waals surface area (Å²) in [6, 6.07) is 9.73. The summed E-state index contributed by atoms with van der Waals surface area (Å²) in [4.78, 5) is 0. The second kappa shape index (κ2) is 5.56. The van der Waals surface area contributed by atoms with Crippen molar-refractivity contribution in [3.63, 3.8) is 0 Å². The molecule has 0 aliphatic heterocycles. The summed E-state index contributed by atoms with van der Waals surface area (Å²) in [7, 11) is 1.85. The van der Waals surface area contributed by atoms with Crippen LogP contribution in [0, 0.1) is 19.8 Å². The lowest BCUT2D eigenvalue weighted by Gasteiger charge is -2.09. The lowest BCUT2D eigenvalue weighted by molar-refractivity contribution is -0.660. The molecule has 0 radical (unpaired) electrons. The Kier molecular flexibility index (Phi) is 2.98. The van der Waals surface area contributed by atoms with Crippen molar-refractivity contribution in [3.05, 3.63) is 53.2 Å². The third-order valence-corrected chi connectivity index (χ3v) is 3.18. The molecule has 0 saturated heterocycles. The van der Waals surface area contributed by atoms with Gasteiger partial charge >= 0.3 is 0 Å². The Hall–Kier alpha value is -1.63. The Bertz CT molecular complexity index is 706. The number of aromatic nitrogens is 1. The van der Waals surface area contributed by atoms with Gasteiger partial charge in [-0.15, -0.1) is 0 Å². The van der Waals surface area contributed by atoms with E-state index in [4.69, 9.17) is 4.11 Å². The lowest BCUT2D eigenvalue weighted by Crippen LogP contribution is -2.30. The highest BCUT2D eigenvalue weighted by atomic mass is 14.9. The summed E-state index contributed by atoms with van der Waals surface area (Å²) in [6.07, 6.45) is -1.13. The van der Waals surface area contributed by atoms with Crippen molar-refractivity contribution in [1.29, 1.82) is 0 Å². The van der Waals surface area contributed by atoms with Gasteiger partial charge in [0.05, 0.1) is 0 Å². The minimum atomic E-state index is -1.45. The van der Waals surface area contributed by atoms with Crippen LogP contribution in [0.4, 0.5) is 0 Å². The Morgan fingerprint density at radius 2 is 1.95 bits per heavy atom. The highest BCUT2D eigenvalue weighted by molar-refractivity contribution is 5.62. The fourth-order valence-corrected chi connectivity index (χ4v) is 2.30.